The molecule has 0 N–H and O–H groups in total. The highest BCUT2D eigenvalue weighted by Crippen LogP contribution is 2.36. The van der Waals surface area contributed by atoms with Gasteiger partial charge in [0.15, 0.2) is 5.78 Å². The zero-order chi connectivity index (χ0) is 24.4. The number of carbonyl (C=O) groups excluding carboxylic acids is 1. The zero-order valence-electron chi connectivity index (χ0n) is 20.7. The molecule has 0 unspecified atom stereocenters. The molecular weight excluding hydrogens is 420 g/mol. The van der Waals surface area contributed by atoms with Crippen molar-refractivity contribution in [1.82, 2.24) is 0 Å². The Morgan fingerprint density at radius 3 is 1.32 bits per heavy atom. The lowest BCUT2D eigenvalue weighted by molar-refractivity contribution is 0.104. The molecule has 3 heteroatoms. The van der Waals surface area contributed by atoms with Crippen LogP contribution >= 0.6 is 0 Å². The van der Waals surface area contributed by atoms with E-state index in [4.69, 9.17) is 9.47 Å². The minimum atomic E-state index is 0.0133. The van der Waals surface area contributed by atoms with Crippen molar-refractivity contribution in [3.63, 3.8) is 0 Å². The first kappa shape index (κ1) is 23.3. The molecule has 0 saturated heterocycles. The normalized spacial score (nSPS) is 10.8. The lowest BCUT2D eigenvalue weighted by Crippen LogP contribution is -2.08. The summed E-state index contributed by atoms with van der Waals surface area (Å²) in [6.45, 7) is 8.14. The molecule has 4 aromatic rings. The van der Waals surface area contributed by atoms with E-state index in [1.807, 2.05) is 62.4 Å². The van der Waals surface area contributed by atoms with E-state index in [9.17, 15) is 4.79 Å². The molecule has 0 heterocycles. The predicted octanol–water partition coefficient (Wildman–Crippen LogP) is 7.50. The second kappa shape index (κ2) is 9.56. The number of ketones is 1. The van der Waals surface area contributed by atoms with Crippen molar-refractivity contribution in [3.05, 3.63) is 106 Å². The molecule has 3 nitrogen and oxygen atoms in total. The van der Waals surface area contributed by atoms with Gasteiger partial charge < -0.3 is 9.47 Å². The van der Waals surface area contributed by atoms with Gasteiger partial charge in [0.25, 0.3) is 0 Å². The number of hydrogen-bond donors (Lipinski definition) is 0. The van der Waals surface area contributed by atoms with E-state index in [-0.39, 0.29) is 5.78 Å². The zero-order valence-corrected chi connectivity index (χ0v) is 20.7. The van der Waals surface area contributed by atoms with E-state index in [0.717, 1.165) is 56.0 Å². The maximum absolute atomic E-state index is 14.1. The number of hydrogen-bond acceptors (Lipinski definition) is 3. The van der Waals surface area contributed by atoms with Gasteiger partial charge in [-0.25, -0.2) is 0 Å². The van der Waals surface area contributed by atoms with E-state index in [2.05, 4.69) is 38.1 Å². The van der Waals surface area contributed by atoms with Crippen LogP contribution in [0, 0.1) is 27.7 Å². The summed E-state index contributed by atoms with van der Waals surface area (Å²) in [5, 5.41) is 0. The Kier molecular flexibility index (Phi) is 6.56. The number of benzene rings is 4. The summed E-state index contributed by atoms with van der Waals surface area (Å²) < 4.78 is 10.9. The van der Waals surface area contributed by atoms with Crippen LogP contribution in [-0.2, 0) is 0 Å². The van der Waals surface area contributed by atoms with Gasteiger partial charge in [-0.3, -0.25) is 4.79 Å². The summed E-state index contributed by atoms with van der Waals surface area (Å²) in [4.78, 5) is 14.1. The van der Waals surface area contributed by atoms with Crippen LogP contribution in [0.4, 0.5) is 0 Å². The Morgan fingerprint density at radius 2 is 0.971 bits per heavy atom. The van der Waals surface area contributed by atoms with Gasteiger partial charge in [-0.2, -0.15) is 0 Å². The largest absolute Gasteiger partial charge is 0.496 e. The molecule has 0 aliphatic carbocycles. The van der Waals surface area contributed by atoms with Crippen LogP contribution in [0.5, 0.6) is 11.5 Å². The van der Waals surface area contributed by atoms with Crippen LogP contribution in [-0.4, -0.2) is 20.0 Å². The van der Waals surface area contributed by atoms with Crippen molar-refractivity contribution >= 4 is 5.78 Å². The maximum Gasteiger partial charge on any atom is 0.194 e. The summed E-state index contributed by atoms with van der Waals surface area (Å²) >= 11 is 0. The number of rotatable bonds is 6. The Hall–Kier alpha value is -3.85. The van der Waals surface area contributed by atoms with Crippen molar-refractivity contribution in [1.29, 1.82) is 0 Å². The van der Waals surface area contributed by atoms with E-state index in [1.54, 1.807) is 14.2 Å². The molecule has 34 heavy (non-hydrogen) atoms. The second-order valence-corrected chi connectivity index (χ2v) is 8.69. The monoisotopic (exact) mass is 450 g/mol. The average Bonchev–Trinajstić information content (AvgIpc) is 2.83. The van der Waals surface area contributed by atoms with E-state index in [0.29, 0.717) is 11.1 Å². The molecule has 0 radical (unpaired) electrons. The van der Waals surface area contributed by atoms with E-state index >= 15 is 0 Å². The van der Waals surface area contributed by atoms with E-state index < -0.39 is 0 Å². The fraction of sp³-hybridized carbons (Fsp3) is 0.194. The van der Waals surface area contributed by atoms with Gasteiger partial charge in [0.05, 0.1) is 14.2 Å². The SMILES string of the molecule is COc1ccc(-c2c(C)cccc2C(=O)c2cccc(C)c2-c2ccc(OC)c(C)c2)cc1C. The molecule has 0 amide bonds. The summed E-state index contributed by atoms with van der Waals surface area (Å²) in [6, 6.07) is 24.0. The third-order valence-corrected chi connectivity index (χ3v) is 6.40. The highest BCUT2D eigenvalue weighted by Gasteiger charge is 2.21. The van der Waals surface area contributed by atoms with Crippen molar-refractivity contribution in [3.8, 4) is 33.8 Å². The highest BCUT2D eigenvalue weighted by molar-refractivity contribution is 6.16. The summed E-state index contributed by atoms with van der Waals surface area (Å²) in [6.07, 6.45) is 0. The number of ether oxygens (including phenoxy) is 2. The van der Waals surface area contributed by atoms with Crippen LogP contribution in [0.1, 0.15) is 38.2 Å². The Bertz CT molecular complexity index is 1280. The Morgan fingerprint density at radius 1 is 0.559 bits per heavy atom. The van der Waals surface area contributed by atoms with Gasteiger partial charge in [-0.1, -0.05) is 48.5 Å². The molecule has 0 aliphatic heterocycles. The second-order valence-electron chi connectivity index (χ2n) is 8.69. The smallest absolute Gasteiger partial charge is 0.194 e. The molecule has 0 fully saturated rings. The molecular formula is C31H30O3. The van der Waals surface area contributed by atoms with Gasteiger partial charge >= 0.3 is 0 Å². The van der Waals surface area contributed by atoms with Gasteiger partial charge in [-0.05, 0) is 96.5 Å². The summed E-state index contributed by atoms with van der Waals surface area (Å²) in [5.41, 5.74) is 9.51. The minimum absolute atomic E-state index is 0.0133. The molecule has 0 spiro atoms. The van der Waals surface area contributed by atoms with E-state index in [1.165, 1.54) is 0 Å². The molecule has 0 atom stereocenters. The molecule has 0 aromatic heterocycles. The number of methoxy groups -OCH3 is 2. The lowest BCUT2D eigenvalue weighted by atomic mass is 9.86. The molecule has 172 valence electrons. The summed E-state index contributed by atoms with van der Waals surface area (Å²) in [5.74, 6) is 1.68. The topological polar surface area (TPSA) is 35.5 Å². The molecule has 0 aliphatic rings. The van der Waals surface area contributed by atoms with Crippen molar-refractivity contribution in [2.45, 2.75) is 27.7 Å². The standard InChI is InChI=1S/C31H30O3/c1-19-9-7-11-25(29(19)23-13-15-27(33-5)21(3)17-23)31(32)26-12-8-10-20(2)30(26)24-14-16-28(34-6)22(4)18-24/h7-18H,1-6H3. The Balaban J connectivity index is 1.89. The van der Waals surface area contributed by atoms with Gasteiger partial charge in [0.2, 0.25) is 0 Å². The molecule has 0 bridgehead atoms. The van der Waals surface area contributed by atoms with Gasteiger partial charge in [0.1, 0.15) is 11.5 Å². The molecule has 4 rings (SSSR count). The van der Waals surface area contributed by atoms with Crippen LogP contribution in [0.3, 0.4) is 0 Å². The first-order valence-electron chi connectivity index (χ1n) is 11.4. The van der Waals surface area contributed by atoms with Crippen molar-refractivity contribution < 1.29 is 14.3 Å². The van der Waals surface area contributed by atoms with Crippen molar-refractivity contribution in [2.75, 3.05) is 14.2 Å². The van der Waals surface area contributed by atoms with Crippen LogP contribution < -0.4 is 9.47 Å². The van der Waals surface area contributed by atoms with Crippen LogP contribution in [0.15, 0.2) is 72.8 Å². The fourth-order valence-corrected chi connectivity index (χ4v) is 4.69. The molecule has 0 saturated carbocycles. The van der Waals surface area contributed by atoms with Crippen molar-refractivity contribution in [2.24, 2.45) is 0 Å². The first-order valence-corrected chi connectivity index (χ1v) is 11.4. The maximum atomic E-state index is 14.1. The lowest BCUT2D eigenvalue weighted by Gasteiger charge is -2.17. The summed E-state index contributed by atoms with van der Waals surface area (Å²) in [7, 11) is 3.34. The third-order valence-electron chi connectivity index (χ3n) is 6.40. The van der Waals surface area contributed by atoms with Gasteiger partial charge in [-0.15, -0.1) is 0 Å². The first-order chi connectivity index (χ1) is 16.3. The fourth-order valence-electron chi connectivity index (χ4n) is 4.69. The van der Waals surface area contributed by atoms with Gasteiger partial charge in [0, 0.05) is 11.1 Å². The highest BCUT2D eigenvalue weighted by atomic mass is 16.5. The minimum Gasteiger partial charge on any atom is -0.496 e. The van der Waals surface area contributed by atoms with Crippen LogP contribution in [0.2, 0.25) is 0 Å². The molecule has 4 aromatic carbocycles. The third kappa shape index (κ3) is 4.22. The quantitative estimate of drug-likeness (QED) is 0.285. The number of carbonyl (C=O) groups is 1. The average molecular weight is 451 g/mol. The number of aryl methyl sites for hydroxylation is 4. The van der Waals surface area contributed by atoms with Crippen LogP contribution in [0.25, 0.3) is 22.3 Å². The Labute approximate surface area is 202 Å². The predicted molar refractivity (Wildman–Crippen MR) is 139 cm³/mol.